The normalized spacial score (nSPS) is 15.5. The number of aryl methyl sites for hydroxylation is 1. The number of hydrogen-bond acceptors (Lipinski definition) is 6. The highest BCUT2D eigenvalue weighted by atomic mass is 32.2. The van der Waals surface area contributed by atoms with Crippen LogP contribution in [0.3, 0.4) is 0 Å². The lowest BCUT2D eigenvalue weighted by Crippen LogP contribution is -2.23. The van der Waals surface area contributed by atoms with Crippen molar-refractivity contribution in [2.24, 2.45) is 7.05 Å². The molecule has 4 heterocycles. The van der Waals surface area contributed by atoms with Gasteiger partial charge in [0.1, 0.15) is 14.9 Å². The number of thiophene rings is 1. The van der Waals surface area contributed by atoms with Gasteiger partial charge in [-0.05, 0) is 38.0 Å². The van der Waals surface area contributed by atoms with Gasteiger partial charge in [-0.15, -0.1) is 11.3 Å². The number of imidazole rings is 1. The first-order valence-electron chi connectivity index (χ1n) is 9.57. The Bertz CT molecular complexity index is 1240. The number of fused-ring (bicyclic) bond motifs is 1. The minimum absolute atomic E-state index is 0.213. The summed E-state index contributed by atoms with van der Waals surface area (Å²) in [4.78, 5) is 14.4. The topological polar surface area (TPSA) is 86.7 Å². The Morgan fingerprint density at radius 1 is 1.31 bits per heavy atom. The van der Waals surface area contributed by atoms with Gasteiger partial charge in [-0.25, -0.2) is 9.97 Å². The van der Waals surface area contributed by atoms with Crippen LogP contribution < -0.4 is 5.73 Å². The van der Waals surface area contributed by atoms with Crippen LogP contribution in [0.2, 0.25) is 0 Å². The maximum Gasteiger partial charge on any atom is 0.127 e. The molecule has 1 fully saturated rings. The number of anilines is 1. The smallest absolute Gasteiger partial charge is 0.127 e. The Morgan fingerprint density at radius 3 is 2.76 bits per heavy atom. The molecule has 1 saturated carbocycles. The number of nitrogen functional groups attached to an aromatic ring is 1. The number of nitrogens with two attached hydrogens (primary N) is 1. The fourth-order valence-corrected chi connectivity index (χ4v) is 6.81. The van der Waals surface area contributed by atoms with E-state index in [0.29, 0.717) is 5.69 Å². The van der Waals surface area contributed by atoms with Crippen LogP contribution in [0, 0.1) is 6.92 Å². The summed E-state index contributed by atoms with van der Waals surface area (Å²) in [7, 11) is 0.907. The summed E-state index contributed by atoms with van der Waals surface area (Å²) in [6, 6.07) is 5.92. The predicted octanol–water partition coefficient (Wildman–Crippen LogP) is 4.31. The van der Waals surface area contributed by atoms with Gasteiger partial charge in [0.15, 0.2) is 0 Å². The van der Waals surface area contributed by atoms with Gasteiger partial charge in [-0.1, -0.05) is 6.42 Å². The second-order valence-electron chi connectivity index (χ2n) is 7.38. The number of pyridine rings is 2. The minimum atomic E-state index is -1.08. The lowest BCUT2D eigenvalue weighted by atomic mass is 10.0. The van der Waals surface area contributed by atoms with Crippen molar-refractivity contribution in [1.82, 2.24) is 19.5 Å². The van der Waals surface area contributed by atoms with E-state index < -0.39 is 10.8 Å². The fraction of sp³-hybridized carbons (Fsp3) is 0.286. The third kappa shape index (κ3) is 2.98. The van der Waals surface area contributed by atoms with Gasteiger partial charge in [0.25, 0.3) is 0 Å². The Morgan fingerprint density at radius 2 is 2.14 bits per heavy atom. The van der Waals surface area contributed by atoms with Crippen LogP contribution in [0.5, 0.6) is 0 Å². The summed E-state index contributed by atoms with van der Waals surface area (Å²) < 4.78 is 15.9. The van der Waals surface area contributed by atoms with Crippen LogP contribution in [0.4, 0.5) is 5.69 Å². The molecule has 1 aliphatic rings. The molecule has 29 heavy (non-hydrogen) atoms. The van der Waals surface area contributed by atoms with E-state index in [2.05, 4.69) is 9.97 Å². The molecule has 0 saturated heterocycles. The number of nitrogens with zero attached hydrogens (tertiary/aromatic N) is 4. The summed E-state index contributed by atoms with van der Waals surface area (Å²) in [6.07, 6.45) is 8.55. The molecule has 0 bridgehead atoms. The van der Waals surface area contributed by atoms with E-state index in [0.717, 1.165) is 62.0 Å². The van der Waals surface area contributed by atoms with Gasteiger partial charge in [-0.3, -0.25) is 9.19 Å². The second kappa shape index (κ2) is 7.03. The number of aromatic nitrogens is 4. The van der Waals surface area contributed by atoms with Gasteiger partial charge in [0, 0.05) is 41.2 Å². The molecular weight excluding hydrogens is 402 g/mol. The van der Waals surface area contributed by atoms with Gasteiger partial charge in [0.05, 0.1) is 34.1 Å². The largest absolute Gasteiger partial charge is 0.396 e. The van der Waals surface area contributed by atoms with Crippen molar-refractivity contribution < 1.29 is 4.21 Å². The highest BCUT2D eigenvalue weighted by Crippen LogP contribution is 2.44. The molecule has 4 aromatic heterocycles. The van der Waals surface area contributed by atoms with Crippen molar-refractivity contribution in [1.29, 1.82) is 0 Å². The zero-order valence-electron chi connectivity index (χ0n) is 16.3. The zero-order valence-corrected chi connectivity index (χ0v) is 17.9. The summed E-state index contributed by atoms with van der Waals surface area (Å²) >= 11 is 1.45. The second-order valence-corrected chi connectivity index (χ2v) is 10.3. The van der Waals surface area contributed by atoms with Gasteiger partial charge in [-0.2, -0.15) is 0 Å². The van der Waals surface area contributed by atoms with E-state index in [-0.39, 0.29) is 5.25 Å². The van der Waals surface area contributed by atoms with Crippen LogP contribution in [0.25, 0.3) is 32.7 Å². The zero-order chi connectivity index (χ0) is 20.1. The maximum atomic E-state index is 13.1. The van der Waals surface area contributed by atoms with Crippen molar-refractivity contribution in [2.45, 2.75) is 35.6 Å². The van der Waals surface area contributed by atoms with Crippen LogP contribution in [-0.4, -0.2) is 29.0 Å². The first kappa shape index (κ1) is 18.4. The third-order valence-corrected chi connectivity index (χ3v) is 8.96. The van der Waals surface area contributed by atoms with Crippen molar-refractivity contribution in [2.75, 3.05) is 5.73 Å². The van der Waals surface area contributed by atoms with E-state index in [1.54, 1.807) is 12.4 Å². The molecule has 148 valence electrons. The third-order valence-electron chi connectivity index (χ3n) is 5.66. The molecule has 5 rings (SSSR count). The van der Waals surface area contributed by atoms with Crippen molar-refractivity contribution in [3.8, 4) is 22.5 Å². The molecular formula is C21H21N5OS2. The van der Waals surface area contributed by atoms with E-state index in [1.165, 1.54) is 11.3 Å². The molecule has 0 spiro atoms. The van der Waals surface area contributed by atoms with Gasteiger partial charge < -0.3 is 10.3 Å². The summed E-state index contributed by atoms with van der Waals surface area (Å²) in [5.41, 5.74) is 10.8. The highest BCUT2D eigenvalue weighted by Gasteiger charge is 2.30. The maximum absolute atomic E-state index is 13.1. The Kier molecular flexibility index (Phi) is 4.48. The minimum Gasteiger partial charge on any atom is -0.396 e. The molecule has 1 unspecified atom stereocenters. The molecule has 0 aliphatic heterocycles. The molecule has 1 atom stereocenters. The summed E-state index contributed by atoms with van der Waals surface area (Å²) in [5.74, 6) is 0.917. The van der Waals surface area contributed by atoms with Crippen molar-refractivity contribution >= 4 is 38.0 Å². The standard InChI is InChI=1S/C21H21N5OS2/c1-12-24-11-17(26(12)2)15-9-16(13-5-4-8-23-10-13)25-20-18(15)19(22)21(28-20)29(27)14-6-3-7-14/h4-5,8-11,14H,3,6-7,22H2,1-2H3. The summed E-state index contributed by atoms with van der Waals surface area (Å²) in [5, 5.41) is 1.08. The van der Waals surface area contributed by atoms with Gasteiger partial charge >= 0.3 is 0 Å². The molecule has 0 radical (unpaired) electrons. The lowest BCUT2D eigenvalue weighted by molar-refractivity contribution is 0.505. The molecule has 1 aliphatic carbocycles. The quantitative estimate of drug-likeness (QED) is 0.528. The van der Waals surface area contributed by atoms with Crippen molar-refractivity contribution in [3.05, 3.63) is 42.6 Å². The average Bonchev–Trinajstić information content (AvgIpc) is 3.20. The van der Waals surface area contributed by atoms with Crippen LogP contribution in [0.1, 0.15) is 25.1 Å². The average molecular weight is 424 g/mol. The van der Waals surface area contributed by atoms with E-state index in [4.69, 9.17) is 10.7 Å². The van der Waals surface area contributed by atoms with Crippen LogP contribution >= 0.6 is 11.3 Å². The first-order valence-corrected chi connectivity index (χ1v) is 11.6. The van der Waals surface area contributed by atoms with Crippen LogP contribution in [0.15, 0.2) is 41.0 Å². The molecule has 8 heteroatoms. The Labute approximate surface area is 175 Å². The molecule has 0 amide bonds. The first-order chi connectivity index (χ1) is 14.0. The predicted molar refractivity (Wildman–Crippen MR) is 118 cm³/mol. The molecule has 6 nitrogen and oxygen atoms in total. The van der Waals surface area contributed by atoms with Crippen molar-refractivity contribution in [3.63, 3.8) is 0 Å². The number of hydrogen-bond donors (Lipinski definition) is 1. The highest BCUT2D eigenvalue weighted by molar-refractivity contribution is 7.88. The number of rotatable bonds is 4. The SMILES string of the molecule is Cc1ncc(-c2cc(-c3cccnc3)nc3sc(S(=O)C4CCC4)c(N)c23)n1C. The fourth-order valence-electron chi connectivity index (χ4n) is 3.60. The Balaban J connectivity index is 1.78. The molecule has 0 aromatic carbocycles. The Hall–Kier alpha value is -2.58. The molecule has 4 aromatic rings. The lowest BCUT2D eigenvalue weighted by Gasteiger charge is -2.23. The summed E-state index contributed by atoms with van der Waals surface area (Å²) in [6.45, 7) is 1.97. The molecule has 2 N–H and O–H groups in total. The van der Waals surface area contributed by atoms with E-state index in [9.17, 15) is 4.21 Å². The van der Waals surface area contributed by atoms with E-state index >= 15 is 0 Å². The monoisotopic (exact) mass is 423 g/mol. The van der Waals surface area contributed by atoms with Crippen LogP contribution in [-0.2, 0) is 17.8 Å². The van der Waals surface area contributed by atoms with Gasteiger partial charge in [0.2, 0.25) is 0 Å². The van der Waals surface area contributed by atoms with E-state index in [1.807, 2.05) is 42.9 Å².